The van der Waals surface area contributed by atoms with Crippen molar-refractivity contribution in [3.05, 3.63) is 70.2 Å². The van der Waals surface area contributed by atoms with Crippen molar-refractivity contribution in [2.24, 2.45) is 10.9 Å². The van der Waals surface area contributed by atoms with Gasteiger partial charge in [-0.15, -0.1) is 0 Å². The summed E-state index contributed by atoms with van der Waals surface area (Å²) in [6.07, 6.45) is 1.75. The molecule has 2 aromatic heterocycles. The third-order valence-electron chi connectivity index (χ3n) is 6.26. The SMILES string of the molecule is Cc1nc(N2CC3CSC(NC(=O)c4ccccc4)=NC3(c3ccns3)C2)nc(C(C)(C)O)c1F. The number of thioether (sulfide) groups is 1. The third-order valence-corrected chi connectivity index (χ3v) is 8.21. The minimum atomic E-state index is -1.45. The lowest BCUT2D eigenvalue weighted by Crippen LogP contribution is -2.42. The fourth-order valence-corrected chi connectivity index (χ4v) is 6.38. The van der Waals surface area contributed by atoms with E-state index < -0.39 is 17.0 Å². The van der Waals surface area contributed by atoms with Crippen LogP contribution in [0.15, 0.2) is 47.6 Å². The van der Waals surface area contributed by atoms with E-state index in [0.29, 0.717) is 29.8 Å². The van der Waals surface area contributed by atoms with Crippen LogP contribution in [0.3, 0.4) is 0 Å². The summed E-state index contributed by atoms with van der Waals surface area (Å²) in [6.45, 7) is 5.63. The Balaban J connectivity index is 1.50. The van der Waals surface area contributed by atoms with Crippen molar-refractivity contribution in [1.29, 1.82) is 0 Å². The van der Waals surface area contributed by atoms with E-state index in [9.17, 15) is 14.3 Å². The number of amidine groups is 1. The smallest absolute Gasteiger partial charge is 0.257 e. The summed E-state index contributed by atoms with van der Waals surface area (Å²) < 4.78 is 19.0. The van der Waals surface area contributed by atoms with Crippen LogP contribution in [0.25, 0.3) is 0 Å². The summed E-state index contributed by atoms with van der Waals surface area (Å²) in [5.41, 5.74) is -1.38. The highest BCUT2D eigenvalue weighted by atomic mass is 32.2. The molecule has 0 radical (unpaired) electrons. The molecule has 0 bridgehead atoms. The highest BCUT2D eigenvalue weighted by molar-refractivity contribution is 8.13. The van der Waals surface area contributed by atoms with Crippen molar-refractivity contribution in [3.63, 3.8) is 0 Å². The summed E-state index contributed by atoms with van der Waals surface area (Å²) in [7, 11) is 0. The summed E-state index contributed by atoms with van der Waals surface area (Å²) in [5, 5.41) is 14.0. The van der Waals surface area contributed by atoms with Crippen molar-refractivity contribution in [3.8, 4) is 0 Å². The second-order valence-corrected chi connectivity index (χ2v) is 11.1. The molecule has 1 aromatic carbocycles. The van der Waals surface area contributed by atoms with E-state index in [1.165, 1.54) is 37.1 Å². The predicted octanol–water partition coefficient (Wildman–Crippen LogP) is 3.47. The van der Waals surface area contributed by atoms with E-state index in [1.54, 1.807) is 25.3 Å². The standard InChI is InChI=1S/C24H25FN6O2S2/c1-14-18(25)19(23(2,3)33)28-21(27-14)31-11-16-12-34-22(29-20(32)15-7-5-4-6-8-15)30-24(16,13-31)17-9-10-26-35-17/h4-10,16,33H,11-13H2,1-3H3,(H,29,30,32). The number of hydrogen-bond donors (Lipinski definition) is 2. The number of aryl methyl sites for hydroxylation is 1. The summed E-state index contributed by atoms with van der Waals surface area (Å²) >= 11 is 2.88. The zero-order valence-corrected chi connectivity index (χ0v) is 21.2. The van der Waals surface area contributed by atoms with Crippen LogP contribution in [0.5, 0.6) is 0 Å². The molecule has 2 N–H and O–H groups in total. The number of aromatic nitrogens is 3. The maximum Gasteiger partial charge on any atom is 0.257 e. The van der Waals surface area contributed by atoms with Crippen molar-refractivity contribution in [2.45, 2.75) is 31.9 Å². The molecule has 5 rings (SSSR count). The third kappa shape index (κ3) is 4.43. The quantitative estimate of drug-likeness (QED) is 0.552. The lowest BCUT2D eigenvalue weighted by Gasteiger charge is -2.33. The first-order chi connectivity index (χ1) is 16.7. The van der Waals surface area contributed by atoms with E-state index in [0.717, 1.165) is 10.6 Å². The minimum absolute atomic E-state index is 0.0320. The molecule has 0 saturated carbocycles. The maximum absolute atomic E-state index is 14.7. The van der Waals surface area contributed by atoms with Crippen LogP contribution in [-0.2, 0) is 11.1 Å². The van der Waals surface area contributed by atoms with E-state index >= 15 is 0 Å². The van der Waals surface area contributed by atoms with Gasteiger partial charge < -0.3 is 15.3 Å². The molecule has 2 atom stereocenters. The van der Waals surface area contributed by atoms with Crippen molar-refractivity contribution < 1.29 is 14.3 Å². The Bertz CT molecular complexity index is 1280. The first-order valence-electron chi connectivity index (χ1n) is 11.2. The molecule has 35 heavy (non-hydrogen) atoms. The molecule has 1 saturated heterocycles. The highest BCUT2D eigenvalue weighted by Gasteiger charge is 2.52. The number of aliphatic hydroxyl groups is 1. The number of hydrogen-bond acceptors (Lipinski definition) is 9. The molecule has 182 valence electrons. The first kappa shape index (κ1) is 23.8. The number of benzene rings is 1. The number of nitrogens with zero attached hydrogens (tertiary/aromatic N) is 5. The number of rotatable bonds is 4. The van der Waals surface area contributed by atoms with Gasteiger partial charge in [0.05, 0.1) is 17.1 Å². The summed E-state index contributed by atoms with van der Waals surface area (Å²) in [6, 6.07) is 11.0. The zero-order chi connectivity index (χ0) is 24.8. The fraction of sp³-hybridized carbons (Fsp3) is 0.375. The molecule has 1 amide bonds. The predicted molar refractivity (Wildman–Crippen MR) is 135 cm³/mol. The van der Waals surface area contributed by atoms with Crippen LogP contribution in [0.4, 0.5) is 10.3 Å². The number of aliphatic imine (C=N–C) groups is 1. The monoisotopic (exact) mass is 512 g/mol. The molecule has 0 aliphatic carbocycles. The van der Waals surface area contributed by atoms with Gasteiger partial charge in [-0.3, -0.25) is 4.79 Å². The summed E-state index contributed by atoms with van der Waals surface area (Å²) in [4.78, 5) is 29.6. The van der Waals surface area contributed by atoms with E-state index in [-0.39, 0.29) is 23.2 Å². The number of carbonyl (C=O) groups excluding carboxylic acids is 1. The van der Waals surface area contributed by atoms with Crippen LogP contribution in [-0.4, -0.2) is 49.4 Å². The fourth-order valence-electron chi connectivity index (χ4n) is 4.45. The van der Waals surface area contributed by atoms with Gasteiger partial charge in [0.15, 0.2) is 11.0 Å². The lowest BCUT2D eigenvalue weighted by molar-refractivity contribution is 0.0691. The van der Waals surface area contributed by atoms with Crippen LogP contribution < -0.4 is 10.2 Å². The van der Waals surface area contributed by atoms with Gasteiger partial charge in [-0.2, -0.15) is 0 Å². The first-order valence-corrected chi connectivity index (χ1v) is 13.0. The molecule has 0 spiro atoms. The van der Waals surface area contributed by atoms with Crippen molar-refractivity contribution in [2.75, 3.05) is 23.7 Å². The van der Waals surface area contributed by atoms with E-state index in [1.807, 2.05) is 29.2 Å². The van der Waals surface area contributed by atoms with Crippen molar-refractivity contribution >= 4 is 40.3 Å². The Labute approximate surface area is 210 Å². The van der Waals surface area contributed by atoms with Gasteiger partial charge in [-0.05, 0) is 50.5 Å². The van der Waals surface area contributed by atoms with Crippen LogP contribution in [0, 0.1) is 18.7 Å². The highest BCUT2D eigenvalue weighted by Crippen LogP contribution is 2.47. The molecule has 4 heterocycles. The average molecular weight is 513 g/mol. The van der Waals surface area contributed by atoms with Crippen LogP contribution in [0.2, 0.25) is 0 Å². The van der Waals surface area contributed by atoms with Crippen molar-refractivity contribution in [1.82, 2.24) is 19.7 Å². The largest absolute Gasteiger partial charge is 0.384 e. The second kappa shape index (κ2) is 8.96. The second-order valence-electron chi connectivity index (χ2n) is 9.26. The number of nitrogens with one attached hydrogen (secondary N) is 1. The lowest BCUT2D eigenvalue weighted by atomic mass is 9.87. The van der Waals surface area contributed by atoms with Gasteiger partial charge in [0.2, 0.25) is 5.95 Å². The van der Waals surface area contributed by atoms with Crippen LogP contribution >= 0.6 is 23.3 Å². The van der Waals surface area contributed by atoms with Gasteiger partial charge in [0.25, 0.3) is 5.91 Å². The number of amides is 1. The van der Waals surface area contributed by atoms with Gasteiger partial charge in [-0.1, -0.05) is 30.0 Å². The van der Waals surface area contributed by atoms with Gasteiger partial charge in [0, 0.05) is 30.0 Å². The molecule has 1 fully saturated rings. The Hall–Kier alpha value is -2.89. The number of halogens is 1. The Kier molecular flexibility index (Phi) is 6.10. The zero-order valence-electron chi connectivity index (χ0n) is 19.5. The molecule has 2 unspecified atom stereocenters. The normalized spacial score (nSPS) is 22.0. The minimum Gasteiger partial charge on any atom is -0.384 e. The molecular weight excluding hydrogens is 487 g/mol. The van der Waals surface area contributed by atoms with E-state index in [2.05, 4.69) is 19.7 Å². The topological polar surface area (TPSA) is 104 Å². The Morgan fingerprint density at radius 1 is 1.26 bits per heavy atom. The molecule has 11 heteroatoms. The van der Waals surface area contributed by atoms with E-state index in [4.69, 9.17) is 4.99 Å². The van der Waals surface area contributed by atoms with Crippen LogP contribution in [0.1, 0.15) is 40.5 Å². The molecule has 2 aliphatic rings. The molecule has 3 aromatic rings. The van der Waals surface area contributed by atoms with Gasteiger partial charge in [0.1, 0.15) is 16.8 Å². The molecule has 2 aliphatic heterocycles. The maximum atomic E-state index is 14.7. The summed E-state index contributed by atoms with van der Waals surface area (Å²) in [5.74, 6) is 0.367. The number of carbonyl (C=O) groups is 1. The number of anilines is 1. The Morgan fingerprint density at radius 2 is 2.03 bits per heavy atom. The Morgan fingerprint density at radius 3 is 2.71 bits per heavy atom. The van der Waals surface area contributed by atoms with Gasteiger partial charge >= 0.3 is 0 Å². The average Bonchev–Trinajstić information content (AvgIpc) is 3.49. The molecular formula is C24H25FN6O2S2. The number of fused-ring (bicyclic) bond motifs is 1. The molecule has 8 nitrogen and oxygen atoms in total. The van der Waals surface area contributed by atoms with Gasteiger partial charge in [-0.25, -0.2) is 23.7 Å².